The first-order chi connectivity index (χ1) is 8.20. The van der Waals surface area contributed by atoms with Gasteiger partial charge in [0.25, 0.3) is 0 Å². The number of hydrogen-bond acceptors (Lipinski definition) is 3. The van der Waals surface area contributed by atoms with Crippen LogP contribution in [-0.4, -0.2) is 40.2 Å². The first-order valence-electron chi connectivity index (χ1n) is 6.06. The molecule has 1 aliphatic heterocycles. The largest absolute Gasteiger partial charge is 0.329 e. The van der Waals surface area contributed by atoms with Gasteiger partial charge in [-0.25, -0.2) is 0 Å². The smallest absolute Gasteiger partial charge is 0.0471 e. The van der Waals surface area contributed by atoms with Crippen LogP contribution in [0.5, 0.6) is 0 Å². The van der Waals surface area contributed by atoms with Gasteiger partial charge in [-0.15, -0.1) is 0 Å². The molecule has 1 atom stereocenters. The minimum Gasteiger partial charge on any atom is -0.329 e. The van der Waals surface area contributed by atoms with Gasteiger partial charge < -0.3 is 5.73 Å². The third-order valence-electron chi connectivity index (χ3n) is 3.30. The van der Waals surface area contributed by atoms with Gasteiger partial charge in [0.05, 0.1) is 0 Å². The van der Waals surface area contributed by atoms with Crippen LogP contribution in [0, 0.1) is 6.92 Å². The first kappa shape index (κ1) is 12.7. The predicted octanol–water partition coefficient (Wildman–Crippen LogP) is 1.06. The van der Waals surface area contributed by atoms with Gasteiger partial charge in [-0.1, -0.05) is 29.8 Å². The van der Waals surface area contributed by atoms with Crippen molar-refractivity contribution in [2.45, 2.75) is 13.0 Å². The van der Waals surface area contributed by atoms with Gasteiger partial charge in [-0.3, -0.25) is 9.11 Å². The molecule has 0 spiro atoms. The van der Waals surface area contributed by atoms with E-state index in [4.69, 9.17) is 5.73 Å². The Morgan fingerprint density at radius 2 is 2.12 bits per heavy atom. The minimum absolute atomic E-state index is 0.271. The number of nitrogens with zero attached hydrogens (tertiary/aromatic N) is 1. The van der Waals surface area contributed by atoms with Crippen molar-refractivity contribution in [2.24, 2.45) is 5.73 Å². The molecule has 0 amide bonds. The molecule has 2 N–H and O–H groups in total. The monoisotopic (exact) mass is 252 g/mol. The zero-order valence-electron chi connectivity index (χ0n) is 10.3. The fourth-order valence-electron chi connectivity index (χ4n) is 2.34. The van der Waals surface area contributed by atoms with Crippen LogP contribution >= 0.6 is 0 Å². The van der Waals surface area contributed by atoms with Crippen molar-refractivity contribution in [1.82, 2.24) is 4.90 Å². The van der Waals surface area contributed by atoms with Crippen LogP contribution < -0.4 is 5.73 Å². The second-order valence-corrected chi connectivity index (χ2v) is 6.25. The maximum atomic E-state index is 11.4. The number of hydrogen-bond donors (Lipinski definition) is 1. The number of benzene rings is 1. The molecule has 1 saturated heterocycles. The molecule has 4 heteroatoms. The Morgan fingerprint density at radius 1 is 1.41 bits per heavy atom. The van der Waals surface area contributed by atoms with E-state index in [1.54, 1.807) is 0 Å². The molecule has 0 bridgehead atoms. The summed E-state index contributed by atoms with van der Waals surface area (Å²) < 4.78 is 11.4. The van der Waals surface area contributed by atoms with Crippen LogP contribution in [0.25, 0.3) is 0 Å². The second kappa shape index (κ2) is 5.76. The molecular weight excluding hydrogens is 232 g/mol. The molecule has 1 fully saturated rings. The van der Waals surface area contributed by atoms with Crippen LogP contribution in [-0.2, 0) is 10.8 Å². The first-order valence-corrected chi connectivity index (χ1v) is 7.55. The van der Waals surface area contributed by atoms with Crippen molar-refractivity contribution in [3.63, 3.8) is 0 Å². The molecular formula is C13H20N2OS. The summed E-state index contributed by atoms with van der Waals surface area (Å²) in [6.07, 6.45) is 0. The summed E-state index contributed by atoms with van der Waals surface area (Å²) in [4.78, 5) is 2.36. The molecule has 1 heterocycles. The van der Waals surface area contributed by atoms with Crippen molar-refractivity contribution in [1.29, 1.82) is 0 Å². The molecule has 0 aliphatic carbocycles. The number of aryl methyl sites for hydroxylation is 1. The van der Waals surface area contributed by atoms with Gasteiger partial charge in [-0.2, -0.15) is 0 Å². The highest BCUT2D eigenvalue weighted by Gasteiger charge is 2.23. The number of nitrogens with two attached hydrogens (primary N) is 1. The van der Waals surface area contributed by atoms with E-state index >= 15 is 0 Å². The lowest BCUT2D eigenvalue weighted by Gasteiger charge is -2.33. The lowest BCUT2D eigenvalue weighted by atomic mass is 10.0. The van der Waals surface area contributed by atoms with Crippen molar-refractivity contribution in [3.05, 3.63) is 35.4 Å². The summed E-state index contributed by atoms with van der Waals surface area (Å²) in [6, 6.07) is 8.78. The second-order valence-electron chi connectivity index (χ2n) is 4.55. The van der Waals surface area contributed by atoms with Crippen LogP contribution in [0.3, 0.4) is 0 Å². The molecule has 0 radical (unpaired) electrons. The molecule has 0 aromatic heterocycles. The molecule has 0 saturated carbocycles. The van der Waals surface area contributed by atoms with E-state index in [1.165, 1.54) is 11.1 Å². The SMILES string of the molecule is Cc1cccc(C(CN)N2CCS(=O)CC2)c1. The Kier molecular flexibility index (Phi) is 4.31. The Hall–Kier alpha value is -0.710. The maximum absolute atomic E-state index is 11.4. The van der Waals surface area contributed by atoms with E-state index in [1.807, 2.05) is 0 Å². The Morgan fingerprint density at radius 3 is 2.71 bits per heavy atom. The zero-order valence-corrected chi connectivity index (χ0v) is 11.1. The van der Waals surface area contributed by atoms with E-state index in [0.29, 0.717) is 6.54 Å². The summed E-state index contributed by atoms with van der Waals surface area (Å²) >= 11 is 0. The Bertz CT molecular complexity index is 398. The highest BCUT2D eigenvalue weighted by Crippen LogP contribution is 2.21. The van der Waals surface area contributed by atoms with E-state index in [9.17, 15) is 4.21 Å². The molecule has 1 aromatic carbocycles. The van der Waals surface area contributed by atoms with Crippen LogP contribution in [0.4, 0.5) is 0 Å². The predicted molar refractivity (Wildman–Crippen MR) is 72.4 cm³/mol. The fraction of sp³-hybridized carbons (Fsp3) is 0.538. The van der Waals surface area contributed by atoms with Gasteiger partial charge in [0, 0.05) is 48.0 Å². The molecule has 1 aromatic rings. The van der Waals surface area contributed by atoms with Gasteiger partial charge in [0.15, 0.2) is 0 Å². The highest BCUT2D eigenvalue weighted by molar-refractivity contribution is 7.85. The zero-order chi connectivity index (χ0) is 12.3. The van der Waals surface area contributed by atoms with Crippen molar-refractivity contribution in [2.75, 3.05) is 31.1 Å². The van der Waals surface area contributed by atoms with E-state index in [-0.39, 0.29) is 6.04 Å². The fourth-order valence-corrected chi connectivity index (χ4v) is 3.42. The van der Waals surface area contributed by atoms with Crippen molar-refractivity contribution < 1.29 is 4.21 Å². The molecule has 2 rings (SSSR count). The molecule has 94 valence electrons. The Labute approximate surface area is 105 Å². The summed E-state index contributed by atoms with van der Waals surface area (Å²) in [5.74, 6) is 1.56. The highest BCUT2D eigenvalue weighted by atomic mass is 32.2. The van der Waals surface area contributed by atoms with Crippen LogP contribution in [0.2, 0.25) is 0 Å². The van der Waals surface area contributed by atoms with E-state index in [2.05, 4.69) is 36.1 Å². The average Bonchev–Trinajstić information content (AvgIpc) is 2.33. The van der Waals surface area contributed by atoms with E-state index < -0.39 is 10.8 Å². The quantitative estimate of drug-likeness (QED) is 0.875. The molecule has 1 aliphatic rings. The normalized spacial score (nSPS) is 20.4. The maximum Gasteiger partial charge on any atom is 0.0471 e. The summed E-state index contributed by atoms with van der Waals surface area (Å²) in [5, 5.41) is 0. The standard InChI is InChI=1S/C13H20N2OS/c1-11-3-2-4-12(9-11)13(10-14)15-5-7-17(16)8-6-15/h2-4,9,13H,5-8,10,14H2,1H3. The van der Waals surface area contributed by atoms with Gasteiger partial charge in [-0.05, 0) is 12.5 Å². The summed E-state index contributed by atoms with van der Waals surface area (Å²) in [7, 11) is -0.623. The van der Waals surface area contributed by atoms with Gasteiger partial charge in [0.1, 0.15) is 0 Å². The van der Waals surface area contributed by atoms with Crippen molar-refractivity contribution >= 4 is 10.8 Å². The van der Waals surface area contributed by atoms with Crippen LogP contribution in [0.15, 0.2) is 24.3 Å². The topological polar surface area (TPSA) is 46.3 Å². The van der Waals surface area contributed by atoms with Gasteiger partial charge >= 0.3 is 0 Å². The Balaban J connectivity index is 2.13. The lowest BCUT2D eigenvalue weighted by molar-refractivity contribution is 0.221. The lowest BCUT2D eigenvalue weighted by Crippen LogP contribution is -2.42. The van der Waals surface area contributed by atoms with E-state index in [0.717, 1.165) is 24.6 Å². The molecule has 1 unspecified atom stereocenters. The minimum atomic E-state index is -0.623. The van der Waals surface area contributed by atoms with Crippen LogP contribution in [0.1, 0.15) is 17.2 Å². The molecule has 17 heavy (non-hydrogen) atoms. The average molecular weight is 252 g/mol. The van der Waals surface area contributed by atoms with Gasteiger partial charge in [0.2, 0.25) is 0 Å². The third-order valence-corrected chi connectivity index (χ3v) is 4.58. The number of rotatable bonds is 3. The van der Waals surface area contributed by atoms with Crippen molar-refractivity contribution in [3.8, 4) is 0 Å². The third kappa shape index (κ3) is 3.15. The summed E-state index contributed by atoms with van der Waals surface area (Å²) in [6.45, 7) is 4.50. The molecule has 3 nitrogen and oxygen atoms in total. The summed E-state index contributed by atoms with van der Waals surface area (Å²) in [5.41, 5.74) is 8.45.